The lowest BCUT2D eigenvalue weighted by molar-refractivity contribution is -0.113. The maximum Gasteiger partial charge on any atom is 0.234 e. The largest absolute Gasteiger partial charge is 0.325 e. The molecular formula is C24H21N5O2S. The number of para-hydroxylation sites is 1. The second-order valence-corrected chi connectivity index (χ2v) is 8.08. The molecule has 4 aromatic rings. The Morgan fingerprint density at radius 3 is 2.38 bits per heavy atom. The average Bonchev–Trinajstić information content (AvgIpc) is 3.23. The zero-order valence-corrected chi connectivity index (χ0v) is 18.5. The van der Waals surface area contributed by atoms with E-state index in [1.165, 1.54) is 18.7 Å². The van der Waals surface area contributed by atoms with Crippen LogP contribution in [0.3, 0.4) is 0 Å². The van der Waals surface area contributed by atoms with Gasteiger partial charge in [0.15, 0.2) is 16.8 Å². The van der Waals surface area contributed by atoms with E-state index in [1.807, 2.05) is 47.9 Å². The number of benzene rings is 2. The van der Waals surface area contributed by atoms with Crippen molar-refractivity contribution >= 4 is 29.1 Å². The predicted molar refractivity (Wildman–Crippen MR) is 125 cm³/mol. The van der Waals surface area contributed by atoms with E-state index >= 15 is 0 Å². The Labute approximate surface area is 189 Å². The molecule has 0 unspecified atom stereocenters. The van der Waals surface area contributed by atoms with Gasteiger partial charge in [0.2, 0.25) is 5.91 Å². The van der Waals surface area contributed by atoms with Gasteiger partial charge in [0.1, 0.15) is 0 Å². The molecule has 0 bridgehead atoms. The van der Waals surface area contributed by atoms with Crippen LogP contribution in [0.5, 0.6) is 0 Å². The van der Waals surface area contributed by atoms with Crippen molar-refractivity contribution in [3.63, 3.8) is 0 Å². The van der Waals surface area contributed by atoms with E-state index in [2.05, 4.69) is 20.5 Å². The van der Waals surface area contributed by atoms with Crippen molar-refractivity contribution < 1.29 is 9.59 Å². The zero-order chi connectivity index (χ0) is 22.5. The fourth-order valence-corrected chi connectivity index (χ4v) is 3.94. The van der Waals surface area contributed by atoms with E-state index < -0.39 is 0 Å². The highest BCUT2D eigenvalue weighted by atomic mass is 32.2. The Balaban J connectivity index is 1.56. The molecule has 2 aromatic heterocycles. The molecular weight excluding hydrogens is 422 g/mol. The number of anilines is 1. The number of hydrogen-bond acceptors (Lipinski definition) is 6. The first-order valence-electron chi connectivity index (χ1n) is 9.98. The van der Waals surface area contributed by atoms with Crippen LogP contribution >= 0.6 is 11.8 Å². The topological polar surface area (TPSA) is 89.8 Å². The maximum absolute atomic E-state index is 12.5. The van der Waals surface area contributed by atoms with E-state index in [0.717, 1.165) is 16.8 Å². The summed E-state index contributed by atoms with van der Waals surface area (Å²) in [5, 5.41) is 12.2. The second-order valence-electron chi connectivity index (χ2n) is 7.13. The van der Waals surface area contributed by atoms with Crippen LogP contribution < -0.4 is 5.32 Å². The highest BCUT2D eigenvalue weighted by Gasteiger charge is 2.18. The molecule has 0 fully saturated rings. The number of Topliss-reactive ketones (excluding diaryl/α,β-unsaturated/α-hetero) is 1. The third-order valence-corrected chi connectivity index (χ3v) is 5.76. The molecule has 0 aliphatic rings. The lowest BCUT2D eigenvalue weighted by Crippen LogP contribution is -2.14. The monoisotopic (exact) mass is 443 g/mol. The Kier molecular flexibility index (Phi) is 6.42. The number of aryl methyl sites for hydroxylation is 1. The molecule has 32 heavy (non-hydrogen) atoms. The lowest BCUT2D eigenvalue weighted by atomic mass is 10.1. The molecule has 0 aliphatic heterocycles. The van der Waals surface area contributed by atoms with Gasteiger partial charge in [-0.2, -0.15) is 0 Å². The third kappa shape index (κ3) is 4.76. The van der Waals surface area contributed by atoms with Gasteiger partial charge in [-0.1, -0.05) is 30.0 Å². The number of amides is 1. The number of nitrogens with zero attached hydrogens (tertiary/aromatic N) is 4. The average molecular weight is 444 g/mol. The molecule has 1 amide bonds. The number of carbonyl (C=O) groups excluding carboxylic acids is 2. The van der Waals surface area contributed by atoms with Crippen LogP contribution in [0.2, 0.25) is 0 Å². The first-order chi connectivity index (χ1) is 15.5. The number of pyridine rings is 1. The van der Waals surface area contributed by atoms with E-state index in [9.17, 15) is 9.59 Å². The molecule has 0 spiro atoms. The van der Waals surface area contributed by atoms with Gasteiger partial charge in [0, 0.05) is 29.2 Å². The van der Waals surface area contributed by atoms with Crippen LogP contribution in [0.25, 0.3) is 17.1 Å². The Morgan fingerprint density at radius 1 is 0.969 bits per heavy atom. The summed E-state index contributed by atoms with van der Waals surface area (Å²) < 4.78 is 1.96. The van der Waals surface area contributed by atoms with Gasteiger partial charge in [0.05, 0.1) is 11.4 Å². The fraction of sp³-hybridized carbons (Fsp3) is 0.125. The minimum atomic E-state index is -0.171. The highest BCUT2D eigenvalue weighted by molar-refractivity contribution is 7.99. The smallest absolute Gasteiger partial charge is 0.234 e. The van der Waals surface area contributed by atoms with Gasteiger partial charge < -0.3 is 5.32 Å². The molecule has 0 aliphatic carbocycles. The van der Waals surface area contributed by atoms with Crippen molar-refractivity contribution in [2.24, 2.45) is 0 Å². The van der Waals surface area contributed by atoms with Crippen molar-refractivity contribution in [2.45, 2.75) is 19.0 Å². The first-order valence-corrected chi connectivity index (χ1v) is 11.0. The van der Waals surface area contributed by atoms with Gasteiger partial charge in [0.25, 0.3) is 0 Å². The minimum Gasteiger partial charge on any atom is -0.325 e. The normalized spacial score (nSPS) is 10.7. The molecule has 0 radical (unpaired) electrons. The minimum absolute atomic E-state index is 0.0148. The molecule has 7 nitrogen and oxygen atoms in total. The fourth-order valence-electron chi connectivity index (χ4n) is 3.20. The summed E-state index contributed by atoms with van der Waals surface area (Å²) in [7, 11) is 0. The SMILES string of the molecule is CC(=O)c1ccc(NC(=O)CSc2nnc(-c3ccncc3)n2-c2ccccc2C)cc1. The van der Waals surface area contributed by atoms with Crippen LogP contribution in [-0.2, 0) is 4.79 Å². The molecule has 2 heterocycles. The number of nitrogens with one attached hydrogen (secondary N) is 1. The van der Waals surface area contributed by atoms with Crippen molar-refractivity contribution in [1.29, 1.82) is 0 Å². The predicted octanol–water partition coefficient (Wildman–Crippen LogP) is 4.57. The van der Waals surface area contributed by atoms with Crippen molar-refractivity contribution in [1.82, 2.24) is 19.7 Å². The van der Waals surface area contributed by atoms with Crippen LogP contribution in [0.4, 0.5) is 5.69 Å². The molecule has 8 heteroatoms. The van der Waals surface area contributed by atoms with Gasteiger partial charge in [-0.3, -0.25) is 19.1 Å². The number of ketones is 1. The van der Waals surface area contributed by atoms with E-state index in [0.29, 0.717) is 22.2 Å². The van der Waals surface area contributed by atoms with Crippen molar-refractivity contribution in [3.05, 3.63) is 84.2 Å². The van der Waals surface area contributed by atoms with E-state index in [1.54, 1.807) is 36.7 Å². The Morgan fingerprint density at radius 2 is 1.69 bits per heavy atom. The summed E-state index contributed by atoms with van der Waals surface area (Å²) >= 11 is 1.31. The summed E-state index contributed by atoms with van der Waals surface area (Å²) in [4.78, 5) is 28.0. The summed E-state index contributed by atoms with van der Waals surface area (Å²) in [5.74, 6) is 0.660. The summed E-state index contributed by atoms with van der Waals surface area (Å²) in [6.45, 7) is 3.53. The highest BCUT2D eigenvalue weighted by Crippen LogP contribution is 2.29. The standard InChI is InChI=1S/C24H21N5O2S/c1-16-5-3-4-6-21(16)29-23(19-11-13-25-14-12-19)27-28-24(29)32-15-22(31)26-20-9-7-18(8-10-20)17(2)30/h3-14H,15H2,1-2H3,(H,26,31). The quantitative estimate of drug-likeness (QED) is 0.332. The van der Waals surface area contributed by atoms with E-state index in [-0.39, 0.29) is 17.4 Å². The van der Waals surface area contributed by atoms with Crippen molar-refractivity contribution in [3.8, 4) is 17.1 Å². The number of rotatable bonds is 7. The Hall–Kier alpha value is -3.78. The maximum atomic E-state index is 12.5. The van der Waals surface area contributed by atoms with Crippen LogP contribution in [0.1, 0.15) is 22.8 Å². The molecule has 160 valence electrons. The summed E-state index contributed by atoms with van der Waals surface area (Å²) in [5.41, 5.74) is 4.15. The summed E-state index contributed by atoms with van der Waals surface area (Å²) in [6.07, 6.45) is 3.42. The van der Waals surface area contributed by atoms with E-state index in [4.69, 9.17) is 0 Å². The number of carbonyl (C=O) groups is 2. The van der Waals surface area contributed by atoms with Gasteiger partial charge in [-0.05, 0) is 61.9 Å². The number of hydrogen-bond donors (Lipinski definition) is 1. The van der Waals surface area contributed by atoms with Crippen LogP contribution in [-0.4, -0.2) is 37.2 Å². The van der Waals surface area contributed by atoms with Crippen LogP contribution in [0.15, 0.2) is 78.2 Å². The molecule has 1 N–H and O–H groups in total. The molecule has 4 rings (SSSR count). The van der Waals surface area contributed by atoms with Gasteiger partial charge in [-0.25, -0.2) is 0 Å². The summed E-state index contributed by atoms with van der Waals surface area (Å²) in [6, 6.07) is 18.6. The Bertz CT molecular complexity index is 1250. The molecule has 0 saturated heterocycles. The molecule has 2 aromatic carbocycles. The lowest BCUT2D eigenvalue weighted by Gasteiger charge is -2.13. The van der Waals surface area contributed by atoms with Gasteiger partial charge >= 0.3 is 0 Å². The van der Waals surface area contributed by atoms with Crippen LogP contribution in [0, 0.1) is 6.92 Å². The third-order valence-electron chi connectivity index (χ3n) is 4.84. The second kappa shape index (κ2) is 9.57. The van der Waals surface area contributed by atoms with Crippen molar-refractivity contribution in [2.75, 3.05) is 11.1 Å². The molecule has 0 saturated carbocycles. The first kappa shape index (κ1) is 21.5. The number of thioether (sulfide) groups is 1. The zero-order valence-electron chi connectivity index (χ0n) is 17.6. The number of aromatic nitrogens is 4. The molecule has 0 atom stereocenters. The van der Waals surface area contributed by atoms with Gasteiger partial charge in [-0.15, -0.1) is 10.2 Å².